The van der Waals surface area contributed by atoms with E-state index < -0.39 is 74.2 Å². The van der Waals surface area contributed by atoms with Crippen LogP contribution in [0.5, 0.6) is 0 Å². The Morgan fingerprint density at radius 3 is 1.48 bits per heavy atom. The molecule has 1 heterocycles. The Bertz CT molecular complexity index is 954. The van der Waals surface area contributed by atoms with Gasteiger partial charge in [-0.15, -0.1) is 0 Å². The second-order valence-electron chi connectivity index (χ2n) is 17.2. The lowest BCUT2D eigenvalue weighted by Gasteiger charge is -2.40. The molecular formula is C47H91NO10. The number of unbranched alkanes of at least 4 members (excludes halogenated alkanes) is 26. The first kappa shape index (κ1) is 54.9. The molecule has 1 saturated heterocycles. The lowest BCUT2D eigenvalue weighted by Crippen LogP contribution is -2.60. The number of carbonyl (C=O) groups is 1. The molecule has 0 bridgehead atoms. The summed E-state index contributed by atoms with van der Waals surface area (Å²) in [6, 6.07) is -1.18. The molecule has 0 aromatic carbocycles. The Balaban J connectivity index is 2.30. The van der Waals surface area contributed by atoms with Crippen molar-refractivity contribution in [3.63, 3.8) is 0 Å². The van der Waals surface area contributed by atoms with Gasteiger partial charge in [-0.3, -0.25) is 4.79 Å². The zero-order chi connectivity index (χ0) is 42.6. The molecule has 0 aromatic heterocycles. The lowest BCUT2D eigenvalue weighted by molar-refractivity contribution is -0.303. The van der Waals surface area contributed by atoms with Gasteiger partial charge in [0.05, 0.1) is 25.4 Å². The molecule has 11 nitrogen and oxygen atoms in total. The number of ether oxygens (including phenoxy) is 2. The first-order chi connectivity index (χ1) is 28.2. The average Bonchev–Trinajstić information content (AvgIpc) is 3.22. The average molecular weight is 830 g/mol. The van der Waals surface area contributed by atoms with Crippen LogP contribution in [0.25, 0.3) is 0 Å². The fourth-order valence-corrected chi connectivity index (χ4v) is 7.79. The molecule has 0 radical (unpaired) electrons. The lowest BCUT2D eigenvalue weighted by atomic mass is 9.98. The number of nitrogens with one attached hydrogen (secondary N) is 1. The number of amides is 1. The molecule has 58 heavy (non-hydrogen) atoms. The highest BCUT2D eigenvalue weighted by Gasteiger charge is 2.44. The maximum atomic E-state index is 13.0. The summed E-state index contributed by atoms with van der Waals surface area (Å²) in [6.45, 7) is 3.37. The SMILES string of the molecule is CCCCC/C=C/CCCC(O)C(O)C(COC1OC(CO)C(O)C(O)C1O)NC(=O)C(O)CCCCCCCCCCCCCCCCCCCCCCCCC. The van der Waals surface area contributed by atoms with Gasteiger partial charge in [0.2, 0.25) is 5.91 Å². The van der Waals surface area contributed by atoms with Gasteiger partial charge in [0.1, 0.15) is 36.6 Å². The number of aliphatic hydroxyl groups is 7. The van der Waals surface area contributed by atoms with E-state index in [2.05, 4.69) is 31.3 Å². The summed E-state index contributed by atoms with van der Waals surface area (Å²) >= 11 is 0. The zero-order valence-electron chi connectivity index (χ0n) is 37.0. The van der Waals surface area contributed by atoms with Crippen LogP contribution >= 0.6 is 0 Å². The topological polar surface area (TPSA) is 189 Å². The van der Waals surface area contributed by atoms with E-state index in [4.69, 9.17) is 9.47 Å². The molecule has 0 aliphatic carbocycles. The molecule has 8 N–H and O–H groups in total. The minimum absolute atomic E-state index is 0.258. The van der Waals surface area contributed by atoms with E-state index in [0.717, 1.165) is 44.9 Å². The summed E-state index contributed by atoms with van der Waals surface area (Å²) < 4.78 is 11.0. The Kier molecular flexibility index (Phi) is 35.6. The summed E-state index contributed by atoms with van der Waals surface area (Å²) in [5.74, 6) is -0.706. The molecule has 1 aliphatic rings. The molecule has 1 fully saturated rings. The van der Waals surface area contributed by atoms with E-state index in [0.29, 0.717) is 12.8 Å². The Morgan fingerprint density at radius 1 is 0.586 bits per heavy atom. The molecule has 0 spiro atoms. The summed E-state index contributed by atoms with van der Waals surface area (Å²) in [5, 5.41) is 75.4. The van der Waals surface area contributed by atoms with Crippen molar-refractivity contribution in [2.24, 2.45) is 0 Å². The van der Waals surface area contributed by atoms with Gasteiger partial charge in [-0.2, -0.15) is 0 Å². The highest BCUT2D eigenvalue weighted by atomic mass is 16.7. The quantitative estimate of drug-likeness (QED) is 0.0222. The summed E-state index contributed by atoms with van der Waals surface area (Å²) in [7, 11) is 0. The van der Waals surface area contributed by atoms with Gasteiger partial charge < -0.3 is 50.5 Å². The smallest absolute Gasteiger partial charge is 0.249 e. The van der Waals surface area contributed by atoms with Crippen LogP contribution < -0.4 is 5.32 Å². The second kappa shape index (κ2) is 37.6. The van der Waals surface area contributed by atoms with Gasteiger partial charge in [0, 0.05) is 0 Å². The molecular weight excluding hydrogens is 739 g/mol. The number of aliphatic hydroxyl groups excluding tert-OH is 7. The van der Waals surface area contributed by atoms with Crippen LogP contribution in [-0.2, 0) is 14.3 Å². The molecule has 0 aromatic rings. The monoisotopic (exact) mass is 830 g/mol. The molecule has 9 atom stereocenters. The van der Waals surface area contributed by atoms with Crippen LogP contribution in [0.1, 0.15) is 213 Å². The van der Waals surface area contributed by atoms with Crippen LogP contribution in [0.15, 0.2) is 12.2 Å². The highest BCUT2D eigenvalue weighted by molar-refractivity contribution is 5.80. The largest absolute Gasteiger partial charge is 0.394 e. The molecule has 1 rings (SSSR count). The normalized spacial score (nSPS) is 22.0. The first-order valence-corrected chi connectivity index (χ1v) is 24.1. The molecule has 344 valence electrons. The molecule has 1 aliphatic heterocycles. The van der Waals surface area contributed by atoms with Gasteiger partial charge in [0.15, 0.2) is 6.29 Å². The van der Waals surface area contributed by atoms with E-state index in [1.807, 2.05) is 0 Å². The van der Waals surface area contributed by atoms with Crippen LogP contribution in [0.2, 0.25) is 0 Å². The van der Waals surface area contributed by atoms with Crippen LogP contribution in [0.3, 0.4) is 0 Å². The summed E-state index contributed by atoms with van der Waals surface area (Å²) in [6.07, 6.45) is 28.7. The summed E-state index contributed by atoms with van der Waals surface area (Å²) in [5.41, 5.74) is 0. The van der Waals surface area contributed by atoms with E-state index in [9.17, 15) is 40.5 Å². The number of carbonyl (C=O) groups excluding carboxylic acids is 1. The maximum Gasteiger partial charge on any atom is 0.249 e. The zero-order valence-corrected chi connectivity index (χ0v) is 37.0. The van der Waals surface area contributed by atoms with Crippen molar-refractivity contribution in [1.29, 1.82) is 0 Å². The minimum Gasteiger partial charge on any atom is -0.394 e. The molecule has 1 amide bonds. The number of allylic oxidation sites excluding steroid dienone is 2. The van der Waals surface area contributed by atoms with Crippen molar-refractivity contribution in [3.05, 3.63) is 12.2 Å². The summed E-state index contributed by atoms with van der Waals surface area (Å²) in [4.78, 5) is 13.0. The van der Waals surface area contributed by atoms with Crippen molar-refractivity contribution in [2.45, 2.75) is 268 Å². The van der Waals surface area contributed by atoms with E-state index in [1.54, 1.807) is 0 Å². The molecule has 0 saturated carbocycles. The van der Waals surface area contributed by atoms with Crippen LogP contribution in [0.4, 0.5) is 0 Å². The minimum atomic E-state index is -1.66. The van der Waals surface area contributed by atoms with Crippen LogP contribution in [-0.4, -0.2) is 110 Å². The van der Waals surface area contributed by atoms with Crippen molar-refractivity contribution in [1.82, 2.24) is 5.32 Å². The highest BCUT2D eigenvalue weighted by Crippen LogP contribution is 2.23. The van der Waals surface area contributed by atoms with Crippen molar-refractivity contribution >= 4 is 5.91 Å². The van der Waals surface area contributed by atoms with Crippen molar-refractivity contribution < 1.29 is 50.0 Å². The van der Waals surface area contributed by atoms with Gasteiger partial charge in [-0.1, -0.05) is 187 Å². The second-order valence-corrected chi connectivity index (χ2v) is 17.2. The fourth-order valence-electron chi connectivity index (χ4n) is 7.79. The first-order valence-electron chi connectivity index (χ1n) is 24.1. The third-order valence-electron chi connectivity index (χ3n) is 11.8. The Hall–Kier alpha value is -1.15. The van der Waals surface area contributed by atoms with Gasteiger partial charge in [0.25, 0.3) is 0 Å². The number of rotatable bonds is 40. The van der Waals surface area contributed by atoms with E-state index >= 15 is 0 Å². The van der Waals surface area contributed by atoms with Gasteiger partial charge in [-0.25, -0.2) is 0 Å². The number of hydrogen-bond donors (Lipinski definition) is 8. The van der Waals surface area contributed by atoms with Gasteiger partial charge >= 0.3 is 0 Å². The third kappa shape index (κ3) is 26.9. The Morgan fingerprint density at radius 2 is 1.02 bits per heavy atom. The van der Waals surface area contributed by atoms with E-state index in [1.165, 1.54) is 128 Å². The van der Waals surface area contributed by atoms with Gasteiger partial charge in [-0.05, 0) is 38.5 Å². The Labute approximate surface area is 353 Å². The number of hydrogen-bond acceptors (Lipinski definition) is 10. The third-order valence-corrected chi connectivity index (χ3v) is 11.8. The van der Waals surface area contributed by atoms with Crippen LogP contribution in [0, 0.1) is 0 Å². The maximum absolute atomic E-state index is 13.0. The molecule has 11 heteroatoms. The van der Waals surface area contributed by atoms with Crippen molar-refractivity contribution in [2.75, 3.05) is 13.2 Å². The fraction of sp³-hybridized carbons (Fsp3) is 0.936. The predicted octanol–water partition coefficient (Wildman–Crippen LogP) is 8.06. The predicted molar refractivity (Wildman–Crippen MR) is 233 cm³/mol. The van der Waals surface area contributed by atoms with E-state index in [-0.39, 0.29) is 12.8 Å². The standard InChI is InChI=1S/C47H91NO10/c1-3-5-7-9-11-13-14-15-16-17-18-19-20-21-22-23-24-25-26-27-29-31-33-35-40(51)46(56)48-38(37-57-47-45(55)44(54)43(53)41(36-49)58-47)42(52)39(50)34-32-30-28-12-10-8-6-4-2/h12,28,38-45,47,49-55H,3-11,13-27,29-37H2,1-2H3,(H,48,56)/b28-12+. The van der Waals surface area contributed by atoms with Crippen molar-refractivity contribution in [3.8, 4) is 0 Å². The molecule has 9 unspecified atom stereocenters.